The van der Waals surface area contributed by atoms with Gasteiger partial charge in [0.2, 0.25) is 0 Å². The van der Waals surface area contributed by atoms with Crippen molar-refractivity contribution < 1.29 is 14.1 Å². The van der Waals surface area contributed by atoms with Gasteiger partial charge >= 0.3 is 6.09 Å². The lowest BCUT2D eigenvalue weighted by molar-refractivity contribution is 0.137. The molecule has 0 saturated carbocycles. The number of amides is 1. The van der Waals surface area contributed by atoms with Crippen molar-refractivity contribution in [2.24, 2.45) is 5.73 Å². The van der Waals surface area contributed by atoms with Crippen molar-refractivity contribution in [1.29, 1.82) is 0 Å². The van der Waals surface area contributed by atoms with Crippen LogP contribution in [0.15, 0.2) is 40.9 Å². The lowest BCUT2D eigenvalue weighted by atomic mass is 10.1. The second-order valence-electron chi connectivity index (χ2n) is 3.55. The van der Waals surface area contributed by atoms with Gasteiger partial charge in [0, 0.05) is 12.5 Å². The molecular weight excluding hydrogens is 220 g/mol. The molecule has 17 heavy (non-hydrogen) atoms. The monoisotopic (exact) mass is 232 g/mol. The Morgan fingerprint density at radius 3 is 2.82 bits per heavy atom. The number of carbonyl (C=O) groups is 1. The van der Waals surface area contributed by atoms with E-state index in [9.17, 15) is 4.79 Å². The molecule has 0 spiro atoms. The second-order valence-corrected chi connectivity index (χ2v) is 3.55. The topological polar surface area (TPSA) is 78.4 Å². The van der Waals surface area contributed by atoms with Crippen molar-refractivity contribution in [3.8, 4) is 0 Å². The molecule has 1 aromatic heterocycles. The van der Waals surface area contributed by atoms with Crippen LogP contribution in [0.4, 0.5) is 4.79 Å². The summed E-state index contributed by atoms with van der Waals surface area (Å²) in [5, 5.41) is 3.88. The fourth-order valence-electron chi connectivity index (χ4n) is 1.45. The van der Waals surface area contributed by atoms with Crippen LogP contribution in [-0.4, -0.2) is 11.2 Å². The largest absolute Gasteiger partial charge is 0.441 e. The fourth-order valence-corrected chi connectivity index (χ4v) is 1.45. The maximum atomic E-state index is 10.4. The van der Waals surface area contributed by atoms with E-state index in [1.165, 1.54) is 0 Å². The van der Waals surface area contributed by atoms with E-state index in [0.29, 0.717) is 12.2 Å². The van der Waals surface area contributed by atoms with Crippen molar-refractivity contribution in [1.82, 2.24) is 5.16 Å². The molecule has 1 aromatic carbocycles. The van der Waals surface area contributed by atoms with E-state index < -0.39 is 6.09 Å². The number of hydrogen-bond donors (Lipinski definition) is 1. The SMILES string of the molecule is NC(=O)OCc1cc(Cc2ccccc2)no1. The molecule has 0 saturated heterocycles. The molecule has 2 aromatic rings. The highest BCUT2D eigenvalue weighted by molar-refractivity contribution is 5.64. The first-order valence-corrected chi connectivity index (χ1v) is 5.14. The Hall–Kier alpha value is -2.30. The first-order chi connectivity index (χ1) is 8.24. The Bertz CT molecular complexity index is 493. The summed E-state index contributed by atoms with van der Waals surface area (Å²) in [4.78, 5) is 10.4. The van der Waals surface area contributed by atoms with Crippen LogP contribution in [0, 0.1) is 0 Å². The minimum absolute atomic E-state index is 0.0110. The number of carbonyl (C=O) groups excluding carboxylic acids is 1. The summed E-state index contributed by atoms with van der Waals surface area (Å²) in [6, 6.07) is 11.6. The number of nitrogens with zero attached hydrogens (tertiary/aromatic N) is 1. The molecular formula is C12H12N2O3. The molecule has 1 heterocycles. The molecule has 2 N–H and O–H groups in total. The Kier molecular flexibility index (Phi) is 3.40. The van der Waals surface area contributed by atoms with E-state index >= 15 is 0 Å². The summed E-state index contributed by atoms with van der Waals surface area (Å²) < 4.78 is 9.60. The minimum atomic E-state index is -0.828. The molecule has 0 fully saturated rings. The standard InChI is InChI=1S/C12H12N2O3/c13-12(15)16-8-11-7-10(14-17-11)6-9-4-2-1-3-5-9/h1-5,7H,6,8H2,(H2,13,15). The van der Waals surface area contributed by atoms with Gasteiger partial charge in [0.15, 0.2) is 12.4 Å². The fraction of sp³-hybridized carbons (Fsp3) is 0.167. The molecule has 1 amide bonds. The highest BCUT2D eigenvalue weighted by atomic mass is 16.6. The van der Waals surface area contributed by atoms with Gasteiger partial charge in [0.25, 0.3) is 0 Å². The summed E-state index contributed by atoms with van der Waals surface area (Å²) in [5.41, 5.74) is 6.78. The summed E-state index contributed by atoms with van der Waals surface area (Å²) in [7, 11) is 0. The van der Waals surface area contributed by atoms with E-state index in [4.69, 9.17) is 10.3 Å². The number of hydrogen-bond acceptors (Lipinski definition) is 4. The summed E-state index contributed by atoms with van der Waals surface area (Å²) in [5.74, 6) is 0.481. The van der Waals surface area contributed by atoms with Gasteiger partial charge in [-0.05, 0) is 5.56 Å². The van der Waals surface area contributed by atoms with Gasteiger partial charge in [-0.3, -0.25) is 0 Å². The molecule has 2 rings (SSSR count). The molecule has 5 heteroatoms. The summed E-state index contributed by atoms with van der Waals surface area (Å²) >= 11 is 0. The van der Waals surface area contributed by atoms with E-state index in [2.05, 4.69) is 9.89 Å². The number of aromatic nitrogens is 1. The van der Waals surface area contributed by atoms with Crippen LogP contribution in [0.5, 0.6) is 0 Å². The van der Waals surface area contributed by atoms with E-state index in [1.807, 2.05) is 30.3 Å². The Labute approximate surface area is 98.2 Å². The number of rotatable bonds is 4. The zero-order valence-electron chi connectivity index (χ0n) is 9.13. The summed E-state index contributed by atoms with van der Waals surface area (Å²) in [6.45, 7) is 0.0110. The molecule has 0 aliphatic rings. The number of ether oxygens (including phenoxy) is 1. The van der Waals surface area contributed by atoms with E-state index in [0.717, 1.165) is 11.3 Å². The van der Waals surface area contributed by atoms with Gasteiger partial charge in [-0.25, -0.2) is 4.79 Å². The van der Waals surface area contributed by atoms with Gasteiger partial charge in [-0.2, -0.15) is 0 Å². The maximum absolute atomic E-state index is 10.4. The normalized spacial score (nSPS) is 10.1. The highest BCUT2D eigenvalue weighted by Crippen LogP contribution is 2.10. The highest BCUT2D eigenvalue weighted by Gasteiger charge is 2.06. The predicted octanol–water partition coefficient (Wildman–Crippen LogP) is 1.86. The number of primary amides is 1. The van der Waals surface area contributed by atoms with Gasteiger partial charge in [0.1, 0.15) is 0 Å². The van der Waals surface area contributed by atoms with E-state index in [1.54, 1.807) is 6.07 Å². The van der Waals surface area contributed by atoms with Crippen molar-refractivity contribution in [3.63, 3.8) is 0 Å². The lowest BCUT2D eigenvalue weighted by Crippen LogP contribution is -2.12. The van der Waals surface area contributed by atoms with Crippen LogP contribution in [0.3, 0.4) is 0 Å². The molecule has 88 valence electrons. The van der Waals surface area contributed by atoms with Crippen LogP contribution >= 0.6 is 0 Å². The molecule has 5 nitrogen and oxygen atoms in total. The molecule has 0 bridgehead atoms. The lowest BCUT2D eigenvalue weighted by Gasteiger charge is -1.95. The van der Waals surface area contributed by atoms with Crippen LogP contribution in [-0.2, 0) is 17.8 Å². The molecule has 0 aliphatic heterocycles. The molecule has 0 atom stereocenters. The van der Waals surface area contributed by atoms with Crippen molar-refractivity contribution in [2.75, 3.05) is 0 Å². The van der Waals surface area contributed by atoms with Gasteiger partial charge in [-0.15, -0.1) is 0 Å². The third kappa shape index (κ3) is 3.34. The van der Waals surface area contributed by atoms with Crippen LogP contribution in [0.2, 0.25) is 0 Å². The van der Waals surface area contributed by atoms with Crippen LogP contribution in [0.1, 0.15) is 17.0 Å². The van der Waals surface area contributed by atoms with Crippen LogP contribution in [0.25, 0.3) is 0 Å². The zero-order valence-corrected chi connectivity index (χ0v) is 9.13. The minimum Gasteiger partial charge on any atom is -0.441 e. The molecule has 0 aliphatic carbocycles. The number of nitrogens with two attached hydrogens (primary N) is 1. The Balaban J connectivity index is 1.97. The average molecular weight is 232 g/mol. The van der Waals surface area contributed by atoms with Crippen LogP contribution < -0.4 is 5.73 Å². The summed E-state index contributed by atoms with van der Waals surface area (Å²) in [6.07, 6.45) is -0.146. The van der Waals surface area contributed by atoms with E-state index in [-0.39, 0.29) is 6.61 Å². The van der Waals surface area contributed by atoms with Crippen molar-refractivity contribution >= 4 is 6.09 Å². The van der Waals surface area contributed by atoms with Gasteiger partial charge in [-0.1, -0.05) is 35.5 Å². The third-order valence-corrected chi connectivity index (χ3v) is 2.19. The van der Waals surface area contributed by atoms with Gasteiger partial charge in [0.05, 0.1) is 5.69 Å². The second kappa shape index (κ2) is 5.16. The third-order valence-electron chi connectivity index (χ3n) is 2.19. The molecule has 0 unspecified atom stereocenters. The average Bonchev–Trinajstić information content (AvgIpc) is 2.75. The van der Waals surface area contributed by atoms with Crippen molar-refractivity contribution in [2.45, 2.75) is 13.0 Å². The predicted molar refractivity (Wildman–Crippen MR) is 60.1 cm³/mol. The smallest absolute Gasteiger partial charge is 0.404 e. The van der Waals surface area contributed by atoms with Gasteiger partial charge < -0.3 is 15.0 Å². The first kappa shape index (κ1) is 11.2. The first-order valence-electron chi connectivity index (χ1n) is 5.14. The quantitative estimate of drug-likeness (QED) is 0.872. The molecule has 0 radical (unpaired) electrons. The zero-order chi connectivity index (χ0) is 12.1. The Morgan fingerprint density at radius 1 is 1.35 bits per heavy atom. The van der Waals surface area contributed by atoms with Crippen molar-refractivity contribution in [3.05, 3.63) is 53.4 Å². The maximum Gasteiger partial charge on any atom is 0.404 e. The number of benzene rings is 1. The Morgan fingerprint density at radius 2 is 2.12 bits per heavy atom.